The first-order valence-corrected chi connectivity index (χ1v) is 7.80. The molecule has 2 N–H and O–H groups in total. The van der Waals surface area contributed by atoms with Crippen LogP contribution >= 0.6 is 0 Å². The average Bonchev–Trinajstić information content (AvgIpc) is 2.57. The SMILES string of the molecule is Cc1ccc(NC(=O)C(=O)NN=CCCc2ccccc2)c(C)c1. The van der Waals surface area contributed by atoms with Crippen LogP contribution in [0, 0.1) is 13.8 Å². The molecule has 0 atom stereocenters. The lowest BCUT2D eigenvalue weighted by molar-refractivity contribution is -0.136. The van der Waals surface area contributed by atoms with Crippen molar-refractivity contribution in [1.29, 1.82) is 0 Å². The number of hydrogen-bond donors (Lipinski definition) is 2. The van der Waals surface area contributed by atoms with Gasteiger partial charge >= 0.3 is 11.8 Å². The molecule has 0 saturated heterocycles. The van der Waals surface area contributed by atoms with Gasteiger partial charge in [-0.1, -0.05) is 48.0 Å². The van der Waals surface area contributed by atoms with Crippen LogP contribution in [0.5, 0.6) is 0 Å². The molecule has 0 heterocycles. The number of benzene rings is 2. The van der Waals surface area contributed by atoms with Gasteiger partial charge in [-0.2, -0.15) is 5.10 Å². The summed E-state index contributed by atoms with van der Waals surface area (Å²) in [6.07, 6.45) is 3.10. The smallest absolute Gasteiger partial charge is 0.317 e. The summed E-state index contributed by atoms with van der Waals surface area (Å²) in [5.41, 5.74) is 6.06. The predicted octanol–water partition coefficient (Wildman–Crippen LogP) is 2.98. The largest absolute Gasteiger partial charge is 0.329 e. The van der Waals surface area contributed by atoms with Crippen molar-refractivity contribution in [3.8, 4) is 0 Å². The first kappa shape index (κ1) is 17.4. The molecule has 2 aromatic carbocycles. The molecule has 0 unspecified atom stereocenters. The monoisotopic (exact) mass is 323 g/mol. The Kier molecular flexibility index (Phi) is 6.25. The van der Waals surface area contributed by atoms with Gasteiger partial charge in [-0.15, -0.1) is 0 Å². The first-order chi connectivity index (χ1) is 11.6. The summed E-state index contributed by atoms with van der Waals surface area (Å²) in [5, 5.41) is 6.38. The van der Waals surface area contributed by atoms with Crippen LogP contribution < -0.4 is 10.7 Å². The fourth-order valence-corrected chi connectivity index (χ4v) is 2.23. The Bertz CT molecular complexity index is 740. The summed E-state index contributed by atoms with van der Waals surface area (Å²) >= 11 is 0. The molecule has 0 aromatic heterocycles. The molecule has 5 heteroatoms. The van der Waals surface area contributed by atoms with E-state index >= 15 is 0 Å². The number of hydrogen-bond acceptors (Lipinski definition) is 3. The topological polar surface area (TPSA) is 70.6 Å². The first-order valence-electron chi connectivity index (χ1n) is 7.80. The molecule has 24 heavy (non-hydrogen) atoms. The summed E-state index contributed by atoms with van der Waals surface area (Å²) in [4.78, 5) is 23.6. The maximum Gasteiger partial charge on any atom is 0.329 e. The van der Waals surface area contributed by atoms with Crippen molar-refractivity contribution >= 4 is 23.7 Å². The van der Waals surface area contributed by atoms with Crippen LogP contribution in [0.1, 0.15) is 23.1 Å². The standard InChI is InChI=1S/C19H21N3O2/c1-14-10-11-17(15(2)13-14)21-18(23)19(24)22-20-12-6-9-16-7-4-3-5-8-16/h3-5,7-8,10-13H,6,9H2,1-2H3,(H,21,23)(H,22,24). The van der Waals surface area contributed by atoms with Crippen LogP contribution in [0.3, 0.4) is 0 Å². The van der Waals surface area contributed by atoms with E-state index in [0.717, 1.165) is 17.5 Å². The average molecular weight is 323 g/mol. The zero-order chi connectivity index (χ0) is 17.4. The highest BCUT2D eigenvalue weighted by Crippen LogP contribution is 2.15. The minimum absolute atomic E-state index is 0.619. The van der Waals surface area contributed by atoms with Gasteiger partial charge in [0.25, 0.3) is 0 Å². The molecular formula is C19H21N3O2. The Labute approximate surface area is 141 Å². The summed E-state index contributed by atoms with van der Waals surface area (Å²) < 4.78 is 0. The fraction of sp³-hybridized carbons (Fsp3) is 0.211. The lowest BCUT2D eigenvalue weighted by Gasteiger charge is -2.08. The number of carbonyl (C=O) groups excluding carboxylic acids is 2. The van der Waals surface area contributed by atoms with Gasteiger partial charge < -0.3 is 5.32 Å². The van der Waals surface area contributed by atoms with Crippen LogP contribution in [0.25, 0.3) is 0 Å². The molecule has 0 saturated carbocycles. The summed E-state index contributed by atoms with van der Waals surface area (Å²) in [6, 6.07) is 15.6. The summed E-state index contributed by atoms with van der Waals surface area (Å²) in [7, 11) is 0. The third-order valence-electron chi connectivity index (χ3n) is 3.50. The highest BCUT2D eigenvalue weighted by atomic mass is 16.2. The van der Waals surface area contributed by atoms with E-state index < -0.39 is 11.8 Å². The Morgan fingerprint density at radius 2 is 1.79 bits per heavy atom. The lowest BCUT2D eigenvalue weighted by atomic mass is 10.1. The van der Waals surface area contributed by atoms with Gasteiger partial charge in [0.2, 0.25) is 0 Å². The number of hydrazone groups is 1. The molecule has 2 aromatic rings. The van der Waals surface area contributed by atoms with Crippen molar-refractivity contribution in [2.75, 3.05) is 5.32 Å². The molecule has 0 aliphatic heterocycles. The molecule has 0 bridgehead atoms. The minimum Gasteiger partial charge on any atom is -0.317 e. The highest BCUT2D eigenvalue weighted by Gasteiger charge is 2.13. The zero-order valence-corrected chi connectivity index (χ0v) is 13.9. The Morgan fingerprint density at radius 3 is 2.50 bits per heavy atom. The van der Waals surface area contributed by atoms with Gasteiger partial charge in [-0.3, -0.25) is 9.59 Å². The third kappa shape index (κ3) is 5.35. The van der Waals surface area contributed by atoms with Crippen LogP contribution in [0.15, 0.2) is 53.6 Å². The van der Waals surface area contributed by atoms with Crippen LogP contribution in [0.2, 0.25) is 0 Å². The van der Waals surface area contributed by atoms with E-state index in [2.05, 4.69) is 15.8 Å². The number of nitrogens with one attached hydrogen (secondary N) is 2. The quantitative estimate of drug-likeness (QED) is 0.504. The number of carbonyl (C=O) groups is 2. The van der Waals surface area contributed by atoms with Gasteiger partial charge in [0.15, 0.2) is 0 Å². The Morgan fingerprint density at radius 1 is 1.04 bits per heavy atom. The lowest BCUT2D eigenvalue weighted by Crippen LogP contribution is -2.32. The molecule has 5 nitrogen and oxygen atoms in total. The van der Waals surface area contributed by atoms with Crippen molar-refractivity contribution in [1.82, 2.24) is 5.43 Å². The summed E-state index contributed by atoms with van der Waals surface area (Å²) in [5.74, 6) is -1.52. The van der Waals surface area contributed by atoms with E-state index in [9.17, 15) is 9.59 Å². The van der Waals surface area contributed by atoms with Crippen molar-refractivity contribution < 1.29 is 9.59 Å². The molecule has 0 aliphatic rings. The third-order valence-corrected chi connectivity index (χ3v) is 3.50. The van der Waals surface area contributed by atoms with Crippen molar-refractivity contribution in [2.24, 2.45) is 5.10 Å². The van der Waals surface area contributed by atoms with Crippen LogP contribution in [-0.4, -0.2) is 18.0 Å². The van der Waals surface area contributed by atoms with Gasteiger partial charge in [0.1, 0.15) is 0 Å². The van der Waals surface area contributed by atoms with Gasteiger partial charge in [-0.05, 0) is 43.9 Å². The van der Waals surface area contributed by atoms with Crippen molar-refractivity contribution in [2.45, 2.75) is 26.7 Å². The molecule has 2 rings (SSSR count). The molecule has 0 fully saturated rings. The number of nitrogens with zero attached hydrogens (tertiary/aromatic N) is 1. The van der Waals surface area contributed by atoms with Crippen LogP contribution in [-0.2, 0) is 16.0 Å². The molecule has 0 spiro atoms. The van der Waals surface area contributed by atoms with Crippen molar-refractivity contribution in [3.63, 3.8) is 0 Å². The van der Waals surface area contributed by atoms with E-state index in [0.29, 0.717) is 12.1 Å². The molecule has 0 aliphatic carbocycles. The highest BCUT2D eigenvalue weighted by molar-refractivity contribution is 6.39. The second kappa shape index (κ2) is 8.62. The second-order valence-corrected chi connectivity index (χ2v) is 5.55. The number of anilines is 1. The number of rotatable bonds is 5. The van der Waals surface area contributed by atoms with Gasteiger partial charge in [0.05, 0.1) is 0 Å². The number of amides is 2. The zero-order valence-electron chi connectivity index (χ0n) is 13.9. The van der Waals surface area contributed by atoms with E-state index in [-0.39, 0.29) is 0 Å². The van der Waals surface area contributed by atoms with E-state index in [4.69, 9.17) is 0 Å². The van der Waals surface area contributed by atoms with E-state index in [1.807, 2.05) is 56.3 Å². The maximum absolute atomic E-state index is 11.8. The van der Waals surface area contributed by atoms with E-state index in [1.54, 1.807) is 12.3 Å². The fourth-order valence-electron chi connectivity index (χ4n) is 2.23. The minimum atomic E-state index is -0.786. The summed E-state index contributed by atoms with van der Waals surface area (Å²) in [6.45, 7) is 3.84. The van der Waals surface area contributed by atoms with Crippen LogP contribution in [0.4, 0.5) is 5.69 Å². The molecule has 124 valence electrons. The Hall–Kier alpha value is -2.95. The molecule has 0 radical (unpaired) electrons. The second-order valence-electron chi connectivity index (χ2n) is 5.55. The molecule has 2 amide bonds. The molecular weight excluding hydrogens is 302 g/mol. The number of aryl methyl sites for hydroxylation is 3. The van der Waals surface area contributed by atoms with Gasteiger partial charge in [-0.25, -0.2) is 5.43 Å². The predicted molar refractivity (Wildman–Crippen MR) is 95.9 cm³/mol. The van der Waals surface area contributed by atoms with E-state index in [1.165, 1.54) is 5.56 Å². The van der Waals surface area contributed by atoms with Gasteiger partial charge in [0, 0.05) is 11.9 Å². The maximum atomic E-state index is 11.8. The Balaban J connectivity index is 1.77. The normalized spacial score (nSPS) is 10.6. The van der Waals surface area contributed by atoms with Crippen molar-refractivity contribution in [3.05, 3.63) is 65.2 Å².